The van der Waals surface area contributed by atoms with Gasteiger partial charge >= 0.3 is 0 Å². The quantitative estimate of drug-likeness (QED) is 0.759. The van der Waals surface area contributed by atoms with Crippen LogP contribution in [0.15, 0.2) is 40.9 Å². The van der Waals surface area contributed by atoms with Gasteiger partial charge in [-0.25, -0.2) is 4.39 Å². The van der Waals surface area contributed by atoms with E-state index in [1.165, 1.54) is 6.07 Å². The maximum atomic E-state index is 13.7. The lowest BCUT2D eigenvalue weighted by Gasteiger charge is -2.15. The largest absolute Gasteiger partial charge is 0.490 e. The monoisotopic (exact) mass is 383 g/mol. The third-order valence-electron chi connectivity index (χ3n) is 2.92. The molecule has 0 aliphatic heterocycles. The Labute approximate surface area is 142 Å². The van der Waals surface area contributed by atoms with Crippen LogP contribution in [0.1, 0.15) is 18.1 Å². The topological polar surface area (TPSA) is 44.5 Å². The van der Waals surface area contributed by atoms with Crippen LogP contribution in [0.25, 0.3) is 0 Å². The van der Waals surface area contributed by atoms with Crippen LogP contribution in [0.2, 0.25) is 0 Å². The molecule has 0 aliphatic carbocycles. The van der Waals surface area contributed by atoms with Gasteiger partial charge in [-0.15, -0.1) is 0 Å². The van der Waals surface area contributed by atoms with Crippen molar-refractivity contribution in [2.24, 2.45) is 5.73 Å². The summed E-state index contributed by atoms with van der Waals surface area (Å²) in [6, 6.07) is 9.93. The van der Waals surface area contributed by atoms with E-state index in [1.807, 2.05) is 6.92 Å². The van der Waals surface area contributed by atoms with Gasteiger partial charge in [-0.1, -0.05) is 30.4 Å². The van der Waals surface area contributed by atoms with Crippen LogP contribution < -0.4 is 15.2 Å². The van der Waals surface area contributed by atoms with E-state index in [9.17, 15) is 4.39 Å². The first-order valence-electron chi connectivity index (χ1n) is 6.65. The Hall–Kier alpha value is -1.66. The van der Waals surface area contributed by atoms with Crippen molar-refractivity contribution in [2.75, 3.05) is 6.61 Å². The van der Waals surface area contributed by atoms with Gasteiger partial charge < -0.3 is 15.2 Å². The van der Waals surface area contributed by atoms with E-state index in [1.54, 1.807) is 30.3 Å². The number of hydrogen-bond donors (Lipinski definition) is 1. The van der Waals surface area contributed by atoms with Gasteiger partial charge in [0, 0.05) is 11.1 Å². The van der Waals surface area contributed by atoms with Crippen LogP contribution in [-0.2, 0) is 6.61 Å². The van der Waals surface area contributed by atoms with E-state index >= 15 is 0 Å². The Morgan fingerprint density at radius 2 is 2.00 bits per heavy atom. The second-order valence-electron chi connectivity index (χ2n) is 4.46. The standard InChI is InChI=1S/C16H15BrFNO2S/c1-2-20-14-8-11(16(19)22)7-12(17)15(14)21-9-10-5-3-4-6-13(10)18/h3-8H,2,9H2,1H3,(H2,19,22). The number of ether oxygens (including phenoxy) is 2. The maximum Gasteiger partial charge on any atom is 0.175 e. The van der Waals surface area contributed by atoms with E-state index in [2.05, 4.69) is 15.9 Å². The highest BCUT2D eigenvalue weighted by Crippen LogP contribution is 2.37. The van der Waals surface area contributed by atoms with E-state index in [0.717, 1.165) is 0 Å². The SMILES string of the molecule is CCOc1cc(C(N)=S)cc(Br)c1OCc1ccccc1F. The van der Waals surface area contributed by atoms with Crippen LogP contribution in [0.4, 0.5) is 4.39 Å². The number of halogens is 2. The first-order chi connectivity index (χ1) is 10.5. The van der Waals surface area contributed by atoms with Crippen LogP contribution in [0, 0.1) is 5.82 Å². The molecule has 2 N–H and O–H groups in total. The molecular formula is C16H15BrFNO2S. The molecular weight excluding hydrogens is 369 g/mol. The van der Waals surface area contributed by atoms with Crippen molar-refractivity contribution >= 4 is 33.1 Å². The molecule has 2 rings (SSSR count). The summed E-state index contributed by atoms with van der Waals surface area (Å²) in [6.07, 6.45) is 0. The van der Waals surface area contributed by atoms with Crippen molar-refractivity contribution in [1.82, 2.24) is 0 Å². The molecule has 116 valence electrons. The Kier molecular flexibility index (Phi) is 5.74. The van der Waals surface area contributed by atoms with Crippen LogP contribution in [-0.4, -0.2) is 11.6 Å². The van der Waals surface area contributed by atoms with Crippen LogP contribution >= 0.6 is 28.1 Å². The van der Waals surface area contributed by atoms with Gasteiger partial charge in [0.15, 0.2) is 11.5 Å². The van der Waals surface area contributed by atoms with Crippen molar-refractivity contribution in [2.45, 2.75) is 13.5 Å². The molecule has 0 aromatic heterocycles. The molecule has 6 heteroatoms. The number of nitrogens with two attached hydrogens (primary N) is 1. The van der Waals surface area contributed by atoms with Gasteiger partial charge in [-0.05, 0) is 41.1 Å². The first-order valence-corrected chi connectivity index (χ1v) is 7.85. The van der Waals surface area contributed by atoms with E-state index in [4.69, 9.17) is 27.4 Å². The van der Waals surface area contributed by atoms with Gasteiger partial charge in [0.05, 0.1) is 11.1 Å². The molecule has 0 amide bonds. The number of hydrogen-bond acceptors (Lipinski definition) is 3. The van der Waals surface area contributed by atoms with E-state index in [0.29, 0.717) is 33.7 Å². The lowest BCUT2D eigenvalue weighted by Crippen LogP contribution is -2.10. The zero-order valence-corrected chi connectivity index (χ0v) is 14.3. The summed E-state index contributed by atoms with van der Waals surface area (Å²) in [6.45, 7) is 2.42. The number of thiocarbonyl (C=S) groups is 1. The lowest BCUT2D eigenvalue weighted by atomic mass is 10.2. The normalized spacial score (nSPS) is 10.3. The molecule has 0 aliphatic rings. The lowest BCUT2D eigenvalue weighted by molar-refractivity contribution is 0.264. The number of benzene rings is 2. The molecule has 0 radical (unpaired) electrons. The van der Waals surface area contributed by atoms with Gasteiger partial charge in [0.1, 0.15) is 17.4 Å². The Balaban J connectivity index is 2.29. The molecule has 0 saturated heterocycles. The molecule has 3 nitrogen and oxygen atoms in total. The molecule has 2 aromatic rings. The molecule has 22 heavy (non-hydrogen) atoms. The minimum atomic E-state index is -0.309. The summed E-state index contributed by atoms with van der Waals surface area (Å²) in [5, 5.41) is 0. The smallest absolute Gasteiger partial charge is 0.175 e. The summed E-state index contributed by atoms with van der Waals surface area (Å²) in [4.78, 5) is 0.266. The molecule has 2 aromatic carbocycles. The summed E-state index contributed by atoms with van der Waals surface area (Å²) in [7, 11) is 0. The van der Waals surface area contributed by atoms with Crippen molar-refractivity contribution in [1.29, 1.82) is 0 Å². The molecule has 0 fully saturated rings. The van der Waals surface area contributed by atoms with Crippen molar-refractivity contribution < 1.29 is 13.9 Å². The number of rotatable bonds is 6. The molecule has 0 saturated carbocycles. The van der Waals surface area contributed by atoms with Crippen LogP contribution in [0.3, 0.4) is 0 Å². The summed E-state index contributed by atoms with van der Waals surface area (Å²) >= 11 is 8.39. The van der Waals surface area contributed by atoms with Gasteiger partial charge in [0.2, 0.25) is 0 Å². The highest BCUT2D eigenvalue weighted by Gasteiger charge is 2.14. The summed E-state index contributed by atoms with van der Waals surface area (Å²) in [5.74, 6) is 0.692. The zero-order chi connectivity index (χ0) is 16.1. The molecule has 0 unspecified atom stereocenters. The summed E-state index contributed by atoms with van der Waals surface area (Å²) in [5.41, 5.74) is 6.79. The average Bonchev–Trinajstić information content (AvgIpc) is 2.48. The average molecular weight is 384 g/mol. The first kappa shape index (κ1) is 16.7. The predicted molar refractivity (Wildman–Crippen MR) is 91.9 cm³/mol. The Bertz CT molecular complexity index is 694. The van der Waals surface area contributed by atoms with Gasteiger partial charge in [0.25, 0.3) is 0 Å². The predicted octanol–water partition coefficient (Wildman–Crippen LogP) is 4.20. The van der Waals surface area contributed by atoms with E-state index < -0.39 is 0 Å². The molecule has 0 atom stereocenters. The fraction of sp³-hybridized carbons (Fsp3) is 0.188. The zero-order valence-electron chi connectivity index (χ0n) is 11.9. The highest BCUT2D eigenvalue weighted by atomic mass is 79.9. The third-order valence-corrected chi connectivity index (χ3v) is 3.75. The fourth-order valence-corrected chi connectivity index (χ4v) is 2.55. The minimum Gasteiger partial charge on any atom is -0.490 e. The van der Waals surface area contributed by atoms with Gasteiger partial charge in [-0.2, -0.15) is 0 Å². The van der Waals surface area contributed by atoms with Crippen molar-refractivity contribution in [3.05, 3.63) is 57.8 Å². The molecule has 0 spiro atoms. The summed E-state index contributed by atoms with van der Waals surface area (Å²) < 4.78 is 25.6. The second kappa shape index (κ2) is 7.56. The Morgan fingerprint density at radius 1 is 1.27 bits per heavy atom. The van der Waals surface area contributed by atoms with Gasteiger partial charge in [-0.3, -0.25) is 0 Å². The van der Waals surface area contributed by atoms with Crippen molar-refractivity contribution in [3.63, 3.8) is 0 Å². The molecule has 0 bridgehead atoms. The van der Waals surface area contributed by atoms with Crippen LogP contribution in [0.5, 0.6) is 11.5 Å². The Morgan fingerprint density at radius 3 is 2.64 bits per heavy atom. The molecule has 0 heterocycles. The maximum absolute atomic E-state index is 13.7. The van der Waals surface area contributed by atoms with E-state index in [-0.39, 0.29) is 17.4 Å². The van der Waals surface area contributed by atoms with Crippen molar-refractivity contribution in [3.8, 4) is 11.5 Å². The third kappa shape index (κ3) is 3.96. The second-order valence-corrected chi connectivity index (χ2v) is 5.76. The minimum absolute atomic E-state index is 0.0950. The fourth-order valence-electron chi connectivity index (χ4n) is 1.88. The highest BCUT2D eigenvalue weighted by molar-refractivity contribution is 9.10.